The van der Waals surface area contributed by atoms with E-state index in [9.17, 15) is 32.4 Å². The predicted octanol–water partition coefficient (Wildman–Crippen LogP) is 34.2. The average Bonchev–Trinajstić information content (AvgIpc) is 0.839. The van der Waals surface area contributed by atoms with Gasteiger partial charge in [-0.2, -0.15) is 13.7 Å². The number of nitriles is 1. The molecule has 0 saturated carbocycles. The number of aromatic nitrogens is 2. The van der Waals surface area contributed by atoms with Gasteiger partial charge in [0, 0.05) is 168 Å². The first-order valence-corrected chi connectivity index (χ1v) is 51.4. The van der Waals surface area contributed by atoms with E-state index in [2.05, 4.69) is 61.3 Å². The Morgan fingerprint density at radius 2 is 0.681 bits per heavy atom. The van der Waals surface area contributed by atoms with E-state index in [0.29, 0.717) is 120 Å². The number of pyridine rings is 2. The summed E-state index contributed by atoms with van der Waals surface area (Å²) in [5.74, 6) is -3.12. The van der Waals surface area contributed by atoms with Gasteiger partial charge in [-0.25, -0.2) is 0 Å². The summed E-state index contributed by atoms with van der Waals surface area (Å²) < 4.78 is 35.5. The molecule has 11 aromatic carbocycles. The van der Waals surface area contributed by atoms with E-state index in [0.717, 1.165) is 79.0 Å². The van der Waals surface area contributed by atoms with Crippen LogP contribution in [0.2, 0.25) is 90.4 Å². The molecule has 2 aromatic heterocycles. The zero-order valence-electron chi connectivity index (χ0n) is 77.4. The van der Waals surface area contributed by atoms with E-state index >= 15 is 0 Å². The Hall–Kier alpha value is -8.03. The number of aliphatic carboxylic acids is 2. The highest BCUT2D eigenvalue weighted by Gasteiger charge is 2.25. The summed E-state index contributed by atoms with van der Waals surface area (Å²) in [6.07, 6.45) is 6.19. The fourth-order valence-corrected chi connectivity index (χ4v) is 20.3. The number of carboxylic acid groups (broad SMARTS) is 2. The first-order chi connectivity index (χ1) is 66.7. The maximum absolute atomic E-state index is 12.4. The van der Waals surface area contributed by atoms with E-state index in [4.69, 9.17) is 234 Å². The maximum Gasteiger partial charge on any atom is 0.312 e. The van der Waals surface area contributed by atoms with Gasteiger partial charge >= 0.3 is 23.9 Å². The third-order valence-electron chi connectivity index (χ3n) is 20.6. The molecule has 7 atom stereocenters. The summed E-state index contributed by atoms with van der Waals surface area (Å²) in [6, 6.07) is 69.0. The molecule has 0 aliphatic carbocycles. The number of hydrogen-bond acceptors (Lipinski definition) is 15. The number of fused-ring (bicyclic) bond motifs is 2. The number of methoxy groups -OCH3 is 2. The third kappa shape index (κ3) is 41.1. The monoisotopic (exact) mass is 2290 g/mol. The van der Waals surface area contributed by atoms with Crippen molar-refractivity contribution in [3.05, 3.63) is 377 Å². The molecule has 0 radical (unpaired) electrons. The van der Waals surface area contributed by atoms with Crippen LogP contribution in [0, 0.1) is 11.3 Å². The fourth-order valence-electron chi connectivity index (χ4n) is 13.5. The number of hydrogen-bond donors (Lipinski definition) is 5. The lowest BCUT2D eigenvalue weighted by Crippen LogP contribution is -2.15. The smallest absolute Gasteiger partial charge is 0.312 e. The molecular formula is C104H99Cl18N5O13S. The summed E-state index contributed by atoms with van der Waals surface area (Å²) in [5.41, 5.74) is 10.1. The highest BCUT2D eigenvalue weighted by Crippen LogP contribution is 2.41. The Bertz CT molecular complexity index is 6330. The number of carboxylic acids is 2. The van der Waals surface area contributed by atoms with E-state index in [-0.39, 0.29) is 92.3 Å². The summed E-state index contributed by atoms with van der Waals surface area (Å²) in [4.78, 5) is 64.3. The van der Waals surface area contributed by atoms with Crippen LogP contribution in [0.4, 0.5) is 11.4 Å². The molecule has 0 aliphatic heterocycles. The van der Waals surface area contributed by atoms with Crippen molar-refractivity contribution >= 4 is 282 Å². The van der Waals surface area contributed by atoms with Gasteiger partial charge in [0.1, 0.15) is 0 Å². The number of nitrogens with one attached hydrogen (secondary N) is 2. The first kappa shape index (κ1) is 123. The van der Waals surface area contributed by atoms with Crippen molar-refractivity contribution in [1.29, 1.82) is 5.26 Å². The molecule has 13 rings (SSSR count). The molecule has 0 saturated heterocycles. The Labute approximate surface area is 912 Å². The number of aliphatic hydroxyl groups excluding tert-OH is 1. The predicted molar refractivity (Wildman–Crippen MR) is 586 cm³/mol. The average molecular weight is 2300 g/mol. The van der Waals surface area contributed by atoms with Crippen LogP contribution in [0.15, 0.2) is 237 Å². The van der Waals surface area contributed by atoms with Crippen molar-refractivity contribution in [3.8, 4) is 6.07 Å². The van der Waals surface area contributed by atoms with Crippen molar-refractivity contribution in [3.63, 3.8) is 0 Å². The molecular weight excluding hydrogens is 2200 g/mol. The number of rotatable bonds is 26. The second-order valence-corrected chi connectivity index (χ2v) is 40.2. The lowest BCUT2D eigenvalue weighted by Gasteiger charge is -2.16. The Morgan fingerprint density at radius 3 is 1.02 bits per heavy atom. The molecule has 13 aromatic rings. The number of benzene rings is 11. The second-order valence-electron chi connectivity index (χ2n) is 31.2. The van der Waals surface area contributed by atoms with Gasteiger partial charge in [-0.1, -0.05) is 341 Å². The minimum absolute atomic E-state index is 0.00815. The summed E-state index contributed by atoms with van der Waals surface area (Å²) in [7, 11) is -0.776. The topological polar surface area (TPSA) is 281 Å². The molecule has 1 amide bonds. The third-order valence-corrected chi connectivity index (χ3v) is 27.1. The van der Waals surface area contributed by atoms with Crippen molar-refractivity contribution < 1.29 is 61.4 Å². The van der Waals surface area contributed by atoms with Crippen LogP contribution >= 0.6 is 209 Å². The molecule has 0 bridgehead atoms. The maximum atomic E-state index is 12.4. The molecule has 0 fully saturated rings. The van der Waals surface area contributed by atoms with Crippen molar-refractivity contribution in [1.82, 2.24) is 9.97 Å². The molecule has 0 aliphatic rings. The van der Waals surface area contributed by atoms with Gasteiger partial charge in [-0.3, -0.25) is 38.1 Å². The number of carbonyl (C=O) groups excluding carboxylic acids is 3. The van der Waals surface area contributed by atoms with Crippen molar-refractivity contribution in [2.45, 2.75) is 128 Å². The second kappa shape index (κ2) is 63.4. The quantitative estimate of drug-likeness (QED) is 0.0249. The lowest BCUT2D eigenvalue weighted by atomic mass is 9.97. The van der Waals surface area contributed by atoms with Crippen LogP contribution in [0.3, 0.4) is 0 Å². The van der Waals surface area contributed by atoms with E-state index < -0.39 is 28.0 Å². The Balaban J connectivity index is 0.000000283. The largest absolute Gasteiger partial charge is 0.481 e. The molecule has 37 heteroatoms. The number of aliphatic hydroxyl groups is 1. The van der Waals surface area contributed by atoms with E-state index in [1.54, 1.807) is 173 Å². The molecule has 0 spiro atoms. The van der Waals surface area contributed by atoms with E-state index in [1.807, 2.05) is 87.6 Å². The lowest BCUT2D eigenvalue weighted by molar-refractivity contribution is -0.142. The Morgan fingerprint density at radius 1 is 0.376 bits per heavy atom. The van der Waals surface area contributed by atoms with Gasteiger partial charge in [0.25, 0.3) is 10.1 Å². The standard InChI is InChI=1S/C19H16Cl2N2O.C19H18Cl2N2.C10H9Cl2N.C10H12Cl2O3S.2C10H10Cl2O2.C9H8Cl2O2.C9H10Cl2O.C8H6Cl2O2/c1-12(18-14(20)7-3-8-15(18)21)11-17(24)23-16-9-2-5-13-6-4-10-22-19(13)16;1-13(18-15(20)7-3-8-16(18)21)10-12-22-17-9-2-5-14-6-4-11-23-19(14)17;1-7(5-6-13)10-8(11)3-2-4-9(10)12;1-7(6-15-16(2,13)14)10-8(11)4-3-5-9(10)12;1-6(10(13)14-2)9-7(11)4-3-5-8(9)12;1-6(5-9(13)14)10-7(11)3-2-4-8(10)12;1-13-9(12)5-6-7(10)3-2-4-8(6)11;1-6(5-12)9-7(10)3-2-4-8(9)11;9-6-2-1-3-7(10)5(6)4-8(11)12/h2-10,12H,11H2,1H3,(H,23,24);2-9,11,13,22H,10,12H2,1H3;2-4,7H,5H2,1H3;3-5,7H,6H2,1-2H3;3-6H,1-2H3;2-4,6H,5H2,1H3,(H,13,14);2-4H,5H2,1H3;2-4,6,12H,5H2,1H3;1-3H,4H2,(H,11,12). The summed E-state index contributed by atoms with van der Waals surface area (Å²) >= 11 is 108. The van der Waals surface area contributed by atoms with Crippen molar-refractivity contribution in [2.75, 3.05) is 50.9 Å². The Kier molecular flexibility index (Phi) is 55.5. The molecule has 18 nitrogen and oxygen atoms in total. The van der Waals surface area contributed by atoms with E-state index in [1.165, 1.54) is 14.2 Å². The van der Waals surface area contributed by atoms with Crippen LogP contribution in [0.1, 0.15) is 166 Å². The zero-order chi connectivity index (χ0) is 105. The normalized spacial score (nSPS) is 12.1. The SMILES string of the molecule is CC(CC#N)c1c(Cl)cccc1Cl.CC(CC(=O)Nc1cccc2cccnc12)c1c(Cl)cccc1Cl.CC(CC(=O)O)c1c(Cl)cccc1Cl.CC(CCNc1cccc2cccnc12)c1c(Cl)cccc1Cl.CC(CO)c1c(Cl)cccc1Cl.CC(COS(C)(=O)=O)c1c(Cl)cccc1Cl.COC(=O)C(C)c1c(Cl)cccc1Cl.COC(=O)Cc1c(Cl)cccc1Cl.O=C(O)Cc1c(Cl)cccc1Cl. The summed E-state index contributed by atoms with van der Waals surface area (Å²) in [6.45, 7) is 14.1. The van der Waals surface area contributed by atoms with Crippen LogP contribution in [-0.4, -0.2) is 104 Å². The van der Waals surface area contributed by atoms with Gasteiger partial charge in [-0.15, -0.1) is 0 Å². The fraction of sp³-hybridized carbons (Fsp3) is 0.250. The number of amides is 1. The minimum atomic E-state index is -3.44. The zero-order valence-corrected chi connectivity index (χ0v) is 91.8. The van der Waals surface area contributed by atoms with Crippen LogP contribution < -0.4 is 10.6 Å². The van der Waals surface area contributed by atoms with Crippen molar-refractivity contribution in [2.24, 2.45) is 0 Å². The molecule has 141 heavy (non-hydrogen) atoms. The number of esters is 2. The molecule has 5 N–H and O–H groups in total. The highest BCUT2D eigenvalue weighted by molar-refractivity contribution is 7.86. The van der Waals surface area contributed by atoms with Gasteiger partial charge in [0.2, 0.25) is 5.91 Å². The first-order valence-electron chi connectivity index (χ1n) is 42.8. The van der Waals surface area contributed by atoms with Crippen LogP contribution in [-0.2, 0) is 60.6 Å². The number of nitrogens with zero attached hydrogens (tertiary/aromatic N) is 3. The number of halogens is 18. The molecule has 7 unspecified atom stereocenters. The van der Waals surface area contributed by atoms with Gasteiger partial charge in [-0.05, 0) is 204 Å². The highest BCUT2D eigenvalue weighted by atomic mass is 35.5. The molecule has 2 heterocycles. The number of para-hydroxylation sites is 2. The van der Waals surface area contributed by atoms with Gasteiger partial charge in [0.05, 0.1) is 80.7 Å². The number of carbonyl (C=O) groups is 5. The summed E-state index contributed by atoms with van der Waals surface area (Å²) in [5, 5.41) is 53.0. The van der Waals surface area contributed by atoms with Gasteiger partial charge < -0.3 is 35.4 Å². The van der Waals surface area contributed by atoms with Gasteiger partial charge in [0.15, 0.2) is 0 Å². The number of anilines is 2. The van der Waals surface area contributed by atoms with Crippen LogP contribution in [0.5, 0.6) is 0 Å². The number of ether oxygens (including phenoxy) is 2. The van der Waals surface area contributed by atoms with Crippen LogP contribution in [0.25, 0.3) is 21.8 Å². The molecule has 750 valence electrons. The minimum Gasteiger partial charge on any atom is -0.481 e.